The molecule has 10 heteroatoms. The van der Waals surface area contributed by atoms with Crippen LogP contribution in [0.3, 0.4) is 0 Å². The maximum absolute atomic E-state index is 13.4. The van der Waals surface area contributed by atoms with Crippen molar-refractivity contribution in [1.29, 1.82) is 0 Å². The minimum Gasteiger partial charge on any atom is -0.369 e. The second kappa shape index (κ2) is 8.12. The Morgan fingerprint density at radius 3 is 2.10 bits per heavy atom. The lowest BCUT2D eigenvalue weighted by atomic mass is 10.2. The van der Waals surface area contributed by atoms with Crippen molar-refractivity contribution in [3.63, 3.8) is 0 Å². The molecule has 0 bridgehead atoms. The lowest BCUT2D eigenvalue weighted by Gasteiger charge is -2.35. The third kappa shape index (κ3) is 3.91. The van der Waals surface area contributed by atoms with Gasteiger partial charge in [-0.25, -0.2) is 13.1 Å². The molecule has 3 aromatic rings. The summed E-state index contributed by atoms with van der Waals surface area (Å²) < 4.78 is 30.0. The molecular weight excluding hydrogens is 418 g/mol. The molecule has 1 fully saturated rings. The SMILES string of the molecule is Cc1nn(-c2ccccc2)c(C)c1S(=O)(=O)N1CCN(c2ccc([N+](=O)[O-])cc2)CC1. The quantitative estimate of drug-likeness (QED) is 0.446. The van der Waals surface area contributed by atoms with Crippen LogP contribution in [0.4, 0.5) is 11.4 Å². The van der Waals surface area contributed by atoms with Crippen LogP contribution in [-0.2, 0) is 10.0 Å². The summed E-state index contributed by atoms with van der Waals surface area (Å²) in [6.45, 7) is 5.15. The van der Waals surface area contributed by atoms with E-state index in [0.717, 1.165) is 11.4 Å². The van der Waals surface area contributed by atoms with Crippen LogP contribution in [0.2, 0.25) is 0 Å². The van der Waals surface area contributed by atoms with E-state index in [9.17, 15) is 18.5 Å². The molecule has 9 nitrogen and oxygen atoms in total. The Hall–Kier alpha value is -3.24. The number of hydrogen-bond donors (Lipinski definition) is 0. The summed E-state index contributed by atoms with van der Waals surface area (Å²) in [7, 11) is -3.70. The van der Waals surface area contributed by atoms with E-state index in [1.165, 1.54) is 16.4 Å². The third-order valence-electron chi connectivity index (χ3n) is 5.49. The molecule has 162 valence electrons. The molecule has 31 heavy (non-hydrogen) atoms. The van der Waals surface area contributed by atoms with E-state index < -0.39 is 14.9 Å². The molecule has 0 amide bonds. The molecule has 1 saturated heterocycles. The Kier molecular flexibility index (Phi) is 5.50. The van der Waals surface area contributed by atoms with Gasteiger partial charge in [-0.2, -0.15) is 9.40 Å². The van der Waals surface area contributed by atoms with Crippen molar-refractivity contribution < 1.29 is 13.3 Å². The van der Waals surface area contributed by atoms with Crippen LogP contribution in [0.5, 0.6) is 0 Å². The average Bonchev–Trinajstić information content (AvgIpc) is 3.09. The Morgan fingerprint density at radius 1 is 0.903 bits per heavy atom. The van der Waals surface area contributed by atoms with Crippen LogP contribution in [0.1, 0.15) is 11.4 Å². The molecule has 1 aliphatic heterocycles. The number of para-hydroxylation sites is 1. The highest BCUT2D eigenvalue weighted by Gasteiger charge is 2.33. The predicted octanol–water partition coefficient (Wildman–Crippen LogP) is 2.91. The first-order chi connectivity index (χ1) is 14.8. The fourth-order valence-corrected chi connectivity index (χ4v) is 5.70. The molecule has 0 unspecified atom stereocenters. The van der Waals surface area contributed by atoms with E-state index in [0.29, 0.717) is 37.6 Å². The van der Waals surface area contributed by atoms with Gasteiger partial charge in [-0.05, 0) is 38.1 Å². The van der Waals surface area contributed by atoms with Crippen LogP contribution in [-0.4, -0.2) is 53.6 Å². The fraction of sp³-hybridized carbons (Fsp3) is 0.286. The highest BCUT2D eigenvalue weighted by atomic mass is 32.2. The van der Waals surface area contributed by atoms with Crippen LogP contribution >= 0.6 is 0 Å². The molecular formula is C21H23N5O4S. The maximum atomic E-state index is 13.4. The maximum Gasteiger partial charge on any atom is 0.269 e. The van der Waals surface area contributed by atoms with Gasteiger partial charge in [0.1, 0.15) is 4.90 Å². The van der Waals surface area contributed by atoms with Crippen LogP contribution in [0.15, 0.2) is 59.5 Å². The smallest absolute Gasteiger partial charge is 0.269 e. The van der Waals surface area contributed by atoms with Crippen LogP contribution in [0, 0.1) is 24.0 Å². The molecule has 0 N–H and O–H groups in total. The third-order valence-corrected chi connectivity index (χ3v) is 7.64. The number of piperazine rings is 1. The van der Waals surface area contributed by atoms with Gasteiger partial charge in [0.15, 0.2) is 0 Å². The van der Waals surface area contributed by atoms with E-state index in [1.54, 1.807) is 30.7 Å². The van der Waals surface area contributed by atoms with Crippen molar-refractivity contribution in [3.8, 4) is 5.69 Å². The van der Waals surface area contributed by atoms with Crippen molar-refractivity contribution in [2.24, 2.45) is 0 Å². The van der Waals surface area contributed by atoms with E-state index in [1.807, 2.05) is 35.2 Å². The van der Waals surface area contributed by atoms with E-state index >= 15 is 0 Å². The zero-order valence-electron chi connectivity index (χ0n) is 17.3. The Balaban J connectivity index is 1.53. The number of benzene rings is 2. The largest absolute Gasteiger partial charge is 0.369 e. The molecule has 1 aliphatic rings. The van der Waals surface area contributed by atoms with Gasteiger partial charge in [-0.3, -0.25) is 10.1 Å². The van der Waals surface area contributed by atoms with Gasteiger partial charge in [0.05, 0.1) is 22.0 Å². The number of nitrogens with zero attached hydrogens (tertiary/aromatic N) is 5. The van der Waals surface area contributed by atoms with Crippen molar-refractivity contribution in [1.82, 2.24) is 14.1 Å². The van der Waals surface area contributed by atoms with Gasteiger partial charge in [-0.1, -0.05) is 18.2 Å². The number of rotatable bonds is 5. The van der Waals surface area contributed by atoms with Gasteiger partial charge >= 0.3 is 0 Å². The zero-order chi connectivity index (χ0) is 22.2. The number of hydrogen-bond acceptors (Lipinski definition) is 6. The van der Waals surface area contributed by atoms with E-state index in [2.05, 4.69) is 5.10 Å². The monoisotopic (exact) mass is 441 g/mol. The van der Waals surface area contributed by atoms with Gasteiger partial charge < -0.3 is 4.90 Å². The Bertz CT molecular complexity index is 1200. The van der Waals surface area contributed by atoms with Crippen molar-refractivity contribution in [2.45, 2.75) is 18.7 Å². The number of sulfonamides is 1. The summed E-state index contributed by atoms with van der Waals surface area (Å²) in [5.74, 6) is 0. The molecule has 2 aromatic carbocycles. The van der Waals surface area contributed by atoms with Gasteiger partial charge in [0.2, 0.25) is 10.0 Å². The molecule has 1 aromatic heterocycles. The normalized spacial score (nSPS) is 15.2. The highest BCUT2D eigenvalue weighted by molar-refractivity contribution is 7.89. The number of anilines is 1. The molecule has 0 aliphatic carbocycles. The van der Waals surface area contributed by atoms with E-state index in [4.69, 9.17) is 0 Å². The first-order valence-electron chi connectivity index (χ1n) is 9.90. The summed E-state index contributed by atoms with van der Waals surface area (Å²) in [6, 6.07) is 15.8. The van der Waals surface area contributed by atoms with Gasteiger partial charge in [-0.15, -0.1) is 0 Å². The summed E-state index contributed by atoms with van der Waals surface area (Å²) in [6.07, 6.45) is 0. The van der Waals surface area contributed by atoms with E-state index in [-0.39, 0.29) is 10.6 Å². The molecule has 0 spiro atoms. The van der Waals surface area contributed by atoms with Gasteiger partial charge in [0, 0.05) is 44.0 Å². The molecule has 2 heterocycles. The average molecular weight is 442 g/mol. The molecule has 0 radical (unpaired) electrons. The summed E-state index contributed by atoms with van der Waals surface area (Å²) in [5, 5.41) is 15.3. The fourth-order valence-electron chi connectivity index (χ4n) is 3.92. The van der Waals surface area contributed by atoms with Crippen LogP contribution in [0.25, 0.3) is 5.69 Å². The Morgan fingerprint density at radius 2 is 1.52 bits per heavy atom. The molecule has 0 atom stereocenters. The number of non-ortho nitro benzene ring substituents is 1. The molecule has 4 rings (SSSR count). The van der Waals surface area contributed by atoms with Crippen LogP contribution < -0.4 is 4.90 Å². The topological polar surface area (TPSA) is 102 Å². The minimum atomic E-state index is -3.70. The second-order valence-corrected chi connectivity index (χ2v) is 9.29. The molecule has 0 saturated carbocycles. The second-order valence-electron chi connectivity index (χ2n) is 7.41. The number of aryl methyl sites for hydroxylation is 1. The number of nitro groups is 1. The first-order valence-corrected chi connectivity index (χ1v) is 11.3. The number of nitro benzene ring substituents is 1. The van der Waals surface area contributed by atoms with Crippen molar-refractivity contribution >= 4 is 21.4 Å². The summed E-state index contributed by atoms with van der Waals surface area (Å²) in [4.78, 5) is 12.7. The highest BCUT2D eigenvalue weighted by Crippen LogP contribution is 2.28. The van der Waals surface area contributed by atoms with Gasteiger partial charge in [0.25, 0.3) is 5.69 Å². The predicted molar refractivity (Wildman–Crippen MR) is 117 cm³/mol. The number of aromatic nitrogens is 2. The van der Waals surface area contributed by atoms with Crippen molar-refractivity contribution in [3.05, 3.63) is 76.1 Å². The Labute approximate surface area is 180 Å². The lowest BCUT2D eigenvalue weighted by molar-refractivity contribution is -0.384. The van der Waals surface area contributed by atoms with Crippen molar-refractivity contribution in [2.75, 3.05) is 31.1 Å². The first kappa shape index (κ1) is 21.0. The summed E-state index contributed by atoms with van der Waals surface area (Å²) in [5.41, 5.74) is 2.74. The standard InChI is InChI=1S/C21H23N5O4S/c1-16-21(17(2)25(22-16)19-6-4-3-5-7-19)31(29,30)24-14-12-23(13-15-24)18-8-10-20(11-9-18)26(27)28/h3-11H,12-15H2,1-2H3. The zero-order valence-corrected chi connectivity index (χ0v) is 18.1. The minimum absolute atomic E-state index is 0.0337. The lowest BCUT2D eigenvalue weighted by Crippen LogP contribution is -2.48. The summed E-state index contributed by atoms with van der Waals surface area (Å²) >= 11 is 0.